The lowest BCUT2D eigenvalue weighted by Crippen LogP contribution is -2.20. The first-order valence-corrected chi connectivity index (χ1v) is 6.91. The van der Waals surface area contributed by atoms with Crippen molar-refractivity contribution < 1.29 is 18.0 Å². The topological polar surface area (TPSA) is 53.0 Å². The Morgan fingerprint density at radius 2 is 1.78 bits per heavy atom. The smallest absolute Gasteiger partial charge is 0.321 e. The highest BCUT2D eigenvalue weighted by atomic mass is 35.5. The third-order valence-corrected chi connectivity index (χ3v) is 3.44. The van der Waals surface area contributed by atoms with Gasteiger partial charge in [0.05, 0.1) is 21.8 Å². The zero-order valence-corrected chi connectivity index (χ0v) is 12.7. The molecule has 0 saturated carbocycles. The maximum atomic E-state index is 13.1. The van der Waals surface area contributed by atoms with E-state index in [4.69, 9.17) is 17.0 Å². The largest absolute Gasteiger partial charge is 0.417 e. The van der Waals surface area contributed by atoms with Gasteiger partial charge in [-0.25, -0.2) is 0 Å². The van der Waals surface area contributed by atoms with Crippen LogP contribution in [0.3, 0.4) is 0 Å². The van der Waals surface area contributed by atoms with Crippen molar-refractivity contribution in [3.05, 3.63) is 64.2 Å². The molecule has 0 unspecified atom stereocenters. The molecule has 3 nitrogen and oxygen atoms in total. The van der Waals surface area contributed by atoms with Crippen LogP contribution in [0.5, 0.6) is 0 Å². The van der Waals surface area contributed by atoms with Crippen LogP contribution in [0.2, 0.25) is 5.02 Å². The molecule has 2 N–H and O–H groups in total. The number of halogens is 4. The molecule has 1 amide bonds. The molecule has 7 heteroatoms. The Labute approximate surface area is 135 Å². The number of alkyl halides is 3. The number of hydrogen-bond acceptors (Lipinski definition) is 2. The van der Waals surface area contributed by atoms with Crippen molar-refractivity contribution in [1.82, 2.24) is 0 Å². The van der Waals surface area contributed by atoms with Crippen molar-refractivity contribution in [2.45, 2.75) is 13.1 Å². The third kappa shape index (κ3) is 3.71. The van der Waals surface area contributed by atoms with Gasteiger partial charge in [-0.2, -0.15) is 13.2 Å². The zero-order valence-electron chi connectivity index (χ0n) is 12.0. The van der Waals surface area contributed by atoms with Crippen LogP contribution < -0.4 is 5.32 Å². The number of hydrogen-bond donors (Lipinski definition) is 2. The summed E-state index contributed by atoms with van der Waals surface area (Å²) in [6.07, 6.45) is -4.70. The molecule has 0 aliphatic heterocycles. The van der Waals surface area contributed by atoms with Gasteiger partial charge in [0.1, 0.15) is 0 Å². The SMILES string of the molecule is CC(=N)c1ccccc1NC(=O)c1c(Cl)cccc1C(F)(F)F. The summed E-state index contributed by atoms with van der Waals surface area (Å²) >= 11 is 5.80. The van der Waals surface area contributed by atoms with Crippen LogP contribution in [0.15, 0.2) is 42.5 Å². The monoisotopic (exact) mass is 340 g/mol. The fourth-order valence-electron chi connectivity index (χ4n) is 2.10. The van der Waals surface area contributed by atoms with Gasteiger partial charge in [0.15, 0.2) is 0 Å². The van der Waals surface area contributed by atoms with E-state index in [1.807, 2.05) is 0 Å². The molecule has 0 aromatic heterocycles. The van der Waals surface area contributed by atoms with Crippen LogP contribution in [0, 0.1) is 5.41 Å². The van der Waals surface area contributed by atoms with E-state index in [-0.39, 0.29) is 16.4 Å². The Hall–Kier alpha value is -2.34. The summed E-state index contributed by atoms with van der Waals surface area (Å²) < 4.78 is 39.2. The molecule has 0 heterocycles. The summed E-state index contributed by atoms with van der Waals surface area (Å²) in [5, 5.41) is 9.76. The normalized spacial score (nSPS) is 11.2. The Balaban J connectivity index is 2.46. The lowest BCUT2D eigenvalue weighted by atomic mass is 10.0. The first kappa shape index (κ1) is 17.0. The van der Waals surface area contributed by atoms with Crippen LogP contribution in [-0.4, -0.2) is 11.6 Å². The van der Waals surface area contributed by atoms with Gasteiger partial charge in [0, 0.05) is 11.3 Å². The number of anilines is 1. The van der Waals surface area contributed by atoms with E-state index >= 15 is 0 Å². The number of amides is 1. The van der Waals surface area contributed by atoms with Crippen LogP contribution in [-0.2, 0) is 6.18 Å². The number of rotatable bonds is 3. The number of carbonyl (C=O) groups is 1. The van der Waals surface area contributed by atoms with Crippen LogP contribution in [0.4, 0.5) is 18.9 Å². The van der Waals surface area contributed by atoms with Crippen molar-refractivity contribution in [3.63, 3.8) is 0 Å². The van der Waals surface area contributed by atoms with E-state index < -0.39 is 23.2 Å². The van der Waals surface area contributed by atoms with Crippen LogP contribution >= 0.6 is 11.6 Å². The Morgan fingerprint density at radius 3 is 2.39 bits per heavy atom. The second-order valence-electron chi connectivity index (χ2n) is 4.78. The van der Waals surface area contributed by atoms with Crippen LogP contribution in [0.25, 0.3) is 0 Å². The van der Waals surface area contributed by atoms with Crippen LogP contribution in [0.1, 0.15) is 28.4 Å². The minimum Gasteiger partial charge on any atom is -0.321 e. The standard InChI is InChI=1S/C16H12ClF3N2O/c1-9(21)10-5-2-3-8-13(10)22-15(23)14-11(16(18,19)20)6-4-7-12(14)17/h2-8,21H,1H3,(H,22,23). The lowest BCUT2D eigenvalue weighted by molar-refractivity contribution is -0.137. The molecule has 0 saturated heterocycles. The molecule has 2 aromatic carbocycles. The summed E-state index contributed by atoms with van der Waals surface area (Å²) in [6.45, 7) is 1.52. The molecule has 0 atom stereocenters. The lowest BCUT2D eigenvalue weighted by Gasteiger charge is -2.15. The molecular formula is C16H12ClF3N2O. The summed E-state index contributed by atoms with van der Waals surface area (Å²) in [7, 11) is 0. The number of nitrogens with one attached hydrogen (secondary N) is 2. The maximum Gasteiger partial charge on any atom is 0.417 e. The van der Waals surface area contributed by atoms with E-state index in [9.17, 15) is 18.0 Å². The summed E-state index contributed by atoms with van der Waals surface area (Å²) in [4.78, 5) is 12.3. The minimum absolute atomic E-state index is 0.177. The summed E-state index contributed by atoms with van der Waals surface area (Å²) in [5.74, 6) is -0.975. The van der Waals surface area contributed by atoms with Crippen molar-refractivity contribution in [2.24, 2.45) is 0 Å². The van der Waals surface area contributed by atoms with Gasteiger partial charge in [-0.05, 0) is 25.1 Å². The molecule has 0 aliphatic carbocycles. The average molecular weight is 341 g/mol. The Morgan fingerprint density at radius 1 is 1.13 bits per heavy atom. The first-order valence-electron chi connectivity index (χ1n) is 6.53. The molecule has 2 rings (SSSR count). The quantitative estimate of drug-likeness (QED) is 0.759. The van der Waals surface area contributed by atoms with Crippen molar-refractivity contribution >= 4 is 28.9 Å². The number of benzene rings is 2. The van der Waals surface area contributed by atoms with Gasteiger partial charge in [0.25, 0.3) is 5.91 Å². The van der Waals surface area contributed by atoms with E-state index in [0.717, 1.165) is 12.1 Å². The van der Waals surface area contributed by atoms with E-state index in [1.54, 1.807) is 18.2 Å². The number of para-hydroxylation sites is 1. The van der Waals surface area contributed by atoms with Crippen molar-refractivity contribution in [2.75, 3.05) is 5.32 Å². The number of carbonyl (C=O) groups excluding carboxylic acids is 1. The predicted molar refractivity (Wildman–Crippen MR) is 83.4 cm³/mol. The molecular weight excluding hydrogens is 329 g/mol. The zero-order chi connectivity index (χ0) is 17.2. The molecule has 0 bridgehead atoms. The van der Waals surface area contributed by atoms with Crippen molar-refractivity contribution in [3.8, 4) is 0 Å². The fraction of sp³-hybridized carbons (Fsp3) is 0.125. The Kier molecular flexibility index (Phi) is 4.75. The second kappa shape index (κ2) is 6.42. The highest BCUT2D eigenvalue weighted by Crippen LogP contribution is 2.35. The molecule has 0 spiro atoms. The average Bonchev–Trinajstić information content (AvgIpc) is 2.46. The first-order chi connectivity index (χ1) is 10.7. The van der Waals surface area contributed by atoms with Gasteiger partial charge in [-0.1, -0.05) is 35.9 Å². The highest BCUT2D eigenvalue weighted by molar-refractivity contribution is 6.34. The Bertz CT molecular complexity index is 772. The predicted octanol–water partition coefficient (Wildman–Crippen LogP) is 5.00. The van der Waals surface area contributed by atoms with E-state index in [0.29, 0.717) is 5.56 Å². The minimum atomic E-state index is -4.70. The summed E-state index contributed by atoms with van der Waals surface area (Å²) in [6, 6.07) is 9.54. The van der Waals surface area contributed by atoms with Gasteiger partial charge < -0.3 is 10.7 Å². The molecule has 23 heavy (non-hydrogen) atoms. The molecule has 0 aliphatic rings. The fourth-order valence-corrected chi connectivity index (χ4v) is 2.36. The molecule has 0 fully saturated rings. The van der Waals surface area contributed by atoms with Gasteiger partial charge in [0.2, 0.25) is 0 Å². The molecule has 0 radical (unpaired) electrons. The third-order valence-electron chi connectivity index (χ3n) is 3.13. The molecule has 2 aromatic rings. The van der Waals surface area contributed by atoms with Gasteiger partial charge >= 0.3 is 6.18 Å². The second-order valence-corrected chi connectivity index (χ2v) is 5.19. The van der Waals surface area contributed by atoms with Gasteiger partial charge in [-0.15, -0.1) is 0 Å². The maximum absolute atomic E-state index is 13.1. The summed E-state index contributed by atoms with van der Waals surface area (Å²) in [5.41, 5.74) is -0.902. The van der Waals surface area contributed by atoms with Gasteiger partial charge in [-0.3, -0.25) is 4.79 Å². The molecule has 120 valence electrons. The highest BCUT2D eigenvalue weighted by Gasteiger charge is 2.36. The van der Waals surface area contributed by atoms with Crippen molar-refractivity contribution in [1.29, 1.82) is 5.41 Å². The van der Waals surface area contributed by atoms with E-state index in [1.165, 1.54) is 19.1 Å². The van der Waals surface area contributed by atoms with E-state index in [2.05, 4.69) is 5.32 Å².